The molecule has 2 rings (SSSR count). The smallest absolute Gasteiger partial charge is 0.351 e. The number of rotatable bonds is 3. The van der Waals surface area contributed by atoms with E-state index in [0.29, 0.717) is 19.3 Å². The van der Waals surface area contributed by atoms with Crippen LogP contribution in [-0.4, -0.2) is 24.2 Å². The molecular formula is C13H14F3N3O2S. The first-order chi connectivity index (χ1) is 10.3. The van der Waals surface area contributed by atoms with Gasteiger partial charge >= 0.3 is 18.1 Å². The lowest BCUT2D eigenvalue weighted by Crippen LogP contribution is -2.45. The number of hydrogen-bond donors (Lipinski definition) is 3. The van der Waals surface area contributed by atoms with E-state index in [4.69, 9.17) is 5.73 Å². The van der Waals surface area contributed by atoms with E-state index in [-0.39, 0.29) is 0 Å². The lowest BCUT2D eigenvalue weighted by molar-refractivity contribution is -0.174. The summed E-state index contributed by atoms with van der Waals surface area (Å²) in [5.74, 6) is -1.91. The summed E-state index contributed by atoms with van der Waals surface area (Å²) in [6.07, 6.45) is -3.63. The van der Waals surface area contributed by atoms with Gasteiger partial charge in [0.2, 0.25) is 0 Å². The maximum absolute atomic E-state index is 12.3. The summed E-state index contributed by atoms with van der Waals surface area (Å²) in [6, 6.07) is 4.13. The minimum atomic E-state index is -4.87. The van der Waals surface area contributed by atoms with Crippen LogP contribution in [0.5, 0.6) is 0 Å². The van der Waals surface area contributed by atoms with Crippen molar-refractivity contribution in [1.29, 1.82) is 0 Å². The van der Waals surface area contributed by atoms with E-state index in [2.05, 4.69) is 4.72 Å². The molecule has 0 spiro atoms. The zero-order valence-electron chi connectivity index (χ0n) is 11.4. The van der Waals surface area contributed by atoms with Crippen LogP contribution in [0.4, 0.5) is 18.0 Å². The number of benzene rings is 1. The standard InChI is InChI=1S/C13H14F3N3O2S/c14-13(15,16)11(20)18-8-4-5-9-7(6-8)2-1-3-10(9)22-19-12(17)21/h1-3,8H,4-6H2,(H,18,20)(H3,17,19,21)/t8-/m0/s1. The SMILES string of the molecule is NC(=O)NSc1cccc2c1CC[C@H](NC(=O)C(F)(F)F)C2. The van der Waals surface area contributed by atoms with Gasteiger partial charge in [0.05, 0.1) is 0 Å². The van der Waals surface area contributed by atoms with E-state index in [1.54, 1.807) is 18.2 Å². The van der Waals surface area contributed by atoms with E-state index in [1.165, 1.54) is 0 Å². The monoisotopic (exact) mass is 333 g/mol. The highest BCUT2D eigenvalue weighted by Gasteiger charge is 2.40. The van der Waals surface area contributed by atoms with Crippen LogP contribution in [0.2, 0.25) is 0 Å². The summed E-state index contributed by atoms with van der Waals surface area (Å²) in [7, 11) is 0. The molecule has 0 fully saturated rings. The van der Waals surface area contributed by atoms with E-state index >= 15 is 0 Å². The Hall–Kier alpha value is -1.90. The van der Waals surface area contributed by atoms with E-state index < -0.39 is 24.2 Å². The molecule has 0 radical (unpaired) electrons. The lowest BCUT2D eigenvalue weighted by atomic mass is 9.88. The highest BCUT2D eigenvalue weighted by molar-refractivity contribution is 7.98. The van der Waals surface area contributed by atoms with E-state index in [0.717, 1.165) is 28.0 Å². The Bertz CT molecular complexity index is 592. The fraction of sp³-hybridized carbons (Fsp3) is 0.385. The summed E-state index contributed by atoms with van der Waals surface area (Å²) in [6.45, 7) is 0. The van der Waals surface area contributed by atoms with Crippen molar-refractivity contribution in [2.75, 3.05) is 0 Å². The minimum Gasteiger partial charge on any atom is -0.351 e. The second kappa shape index (κ2) is 6.47. The van der Waals surface area contributed by atoms with Crippen molar-refractivity contribution >= 4 is 23.9 Å². The Kier molecular flexibility index (Phi) is 4.84. The Labute approximate surface area is 128 Å². The molecule has 4 N–H and O–H groups in total. The number of carbonyl (C=O) groups excluding carboxylic acids is 2. The number of fused-ring (bicyclic) bond motifs is 1. The summed E-state index contributed by atoms with van der Waals surface area (Å²) in [5.41, 5.74) is 6.82. The van der Waals surface area contributed by atoms with Crippen LogP contribution in [0.1, 0.15) is 17.5 Å². The first-order valence-electron chi connectivity index (χ1n) is 6.48. The molecule has 0 saturated carbocycles. The van der Waals surface area contributed by atoms with Gasteiger partial charge in [-0.05, 0) is 48.4 Å². The predicted octanol–water partition coefficient (Wildman–Crippen LogP) is 1.90. The van der Waals surface area contributed by atoms with Crippen LogP contribution in [0, 0.1) is 0 Å². The van der Waals surface area contributed by atoms with Crippen LogP contribution < -0.4 is 15.8 Å². The van der Waals surface area contributed by atoms with Gasteiger partial charge in [0, 0.05) is 10.9 Å². The van der Waals surface area contributed by atoms with E-state index in [9.17, 15) is 22.8 Å². The molecule has 0 unspecified atom stereocenters. The molecule has 1 aliphatic carbocycles. The molecule has 120 valence electrons. The number of nitrogens with two attached hydrogens (primary N) is 1. The van der Waals surface area contributed by atoms with Gasteiger partial charge in [0.1, 0.15) is 0 Å². The van der Waals surface area contributed by atoms with Gasteiger partial charge in [0.15, 0.2) is 0 Å². The number of alkyl halides is 3. The average Bonchev–Trinajstić information content (AvgIpc) is 2.43. The average molecular weight is 333 g/mol. The maximum atomic E-state index is 12.3. The Morgan fingerprint density at radius 2 is 2.05 bits per heavy atom. The number of primary amides is 1. The summed E-state index contributed by atoms with van der Waals surface area (Å²) in [5, 5.41) is 2.01. The van der Waals surface area contributed by atoms with Gasteiger partial charge < -0.3 is 11.1 Å². The second-order valence-corrected chi connectivity index (χ2v) is 5.72. The van der Waals surface area contributed by atoms with Gasteiger partial charge in [-0.3, -0.25) is 9.52 Å². The molecular weight excluding hydrogens is 319 g/mol. The molecule has 3 amide bonds. The predicted molar refractivity (Wildman–Crippen MR) is 75.0 cm³/mol. The molecule has 0 aromatic heterocycles. The highest BCUT2D eigenvalue weighted by atomic mass is 32.2. The van der Waals surface area contributed by atoms with Crippen molar-refractivity contribution in [1.82, 2.24) is 10.0 Å². The summed E-state index contributed by atoms with van der Waals surface area (Å²) < 4.78 is 39.2. The van der Waals surface area contributed by atoms with Crippen molar-refractivity contribution < 1.29 is 22.8 Å². The fourth-order valence-corrected chi connectivity index (χ4v) is 3.08. The van der Waals surface area contributed by atoms with E-state index in [1.807, 2.05) is 5.32 Å². The molecule has 22 heavy (non-hydrogen) atoms. The second-order valence-electron chi connectivity index (χ2n) is 4.87. The Morgan fingerprint density at radius 3 is 2.68 bits per heavy atom. The zero-order chi connectivity index (χ0) is 16.3. The van der Waals surface area contributed by atoms with Gasteiger partial charge in [-0.25, -0.2) is 4.79 Å². The molecule has 0 bridgehead atoms. The molecule has 5 nitrogen and oxygen atoms in total. The van der Waals surface area contributed by atoms with Crippen LogP contribution in [0.25, 0.3) is 0 Å². The van der Waals surface area contributed by atoms with Crippen LogP contribution in [-0.2, 0) is 17.6 Å². The fourth-order valence-electron chi connectivity index (χ4n) is 2.36. The largest absolute Gasteiger partial charge is 0.471 e. The third-order valence-electron chi connectivity index (χ3n) is 3.29. The number of carbonyl (C=O) groups is 2. The first kappa shape index (κ1) is 16.5. The molecule has 9 heteroatoms. The van der Waals surface area contributed by atoms with Crippen molar-refractivity contribution in [3.63, 3.8) is 0 Å². The minimum absolute atomic E-state index is 0.322. The van der Waals surface area contributed by atoms with Crippen LogP contribution >= 0.6 is 11.9 Å². The molecule has 1 aromatic rings. The normalized spacial score (nSPS) is 17.5. The summed E-state index contributed by atoms with van der Waals surface area (Å²) >= 11 is 1.07. The van der Waals surface area contributed by atoms with Crippen LogP contribution in [0.15, 0.2) is 23.1 Å². The van der Waals surface area contributed by atoms with Crippen molar-refractivity contribution in [2.45, 2.75) is 36.4 Å². The number of hydrogen-bond acceptors (Lipinski definition) is 3. The summed E-state index contributed by atoms with van der Waals surface area (Å²) in [4.78, 5) is 22.5. The zero-order valence-corrected chi connectivity index (χ0v) is 12.2. The maximum Gasteiger partial charge on any atom is 0.471 e. The molecule has 1 aromatic carbocycles. The molecule has 1 aliphatic rings. The van der Waals surface area contributed by atoms with Crippen molar-refractivity contribution in [2.24, 2.45) is 5.73 Å². The molecule has 0 heterocycles. The quantitative estimate of drug-likeness (QED) is 0.739. The van der Waals surface area contributed by atoms with Crippen molar-refractivity contribution in [3.8, 4) is 0 Å². The number of nitrogens with one attached hydrogen (secondary N) is 2. The lowest BCUT2D eigenvalue weighted by Gasteiger charge is -2.27. The Morgan fingerprint density at radius 1 is 1.32 bits per heavy atom. The third-order valence-corrected chi connectivity index (χ3v) is 4.20. The Balaban J connectivity index is 2.07. The highest BCUT2D eigenvalue weighted by Crippen LogP contribution is 2.30. The van der Waals surface area contributed by atoms with Gasteiger partial charge in [-0.1, -0.05) is 12.1 Å². The third kappa shape index (κ3) is 4.06. The van der Waals surface area contributed by atoms with Crippen LogP contribution in [0.3, 0.4) is 0 Å². The molecule has 0 aliphatic heterocycles. The number of urea groups is 1. The first-order valence-corrected chi connectivity index (χ1v) is 7.29. The number of amides is 3. The van der Waals surface area contributed by atoms with Gasteiger partial charge in [0.25, 0.3) is 0 Å². The van der Waals surface area contributed by atoms with Gasteiger partial charge in [-0.15, -0.1) is 0 Å². The molecule has 1 atom stereocenters. The molecule has 0 saturated heterocycles. The van der Waals surface area contributed by atoms with Crippen molar-refractivity contribution in [3.05, 3.63) is 29.3 Å². The number of halogens is 3. The van der Waals surface area contributed by atoms with Gasteiger partial charge in [-0.2, -0.15) is 13.2 Å². The topological polar surface area (TPSA) is 84.2 Å².